The average molecular weight is 230 g/mol. The monoisotopic (exact) mass is 230 g/mol. The van der Waals surface area contributed by atoms with E-state index >= 15 is 0 Å². The number of halogens is 2. The first-order chi connectivity index (χ1) is 5.90. The zero-order valence-electron chi connectivity index (χ0n) is 8.04. The molecule has 0 radical (unpaired) electrons. The summed E-state index contributed by atoms with van der Waals surface area (Å²) in [6, 6.07) is 0. The van der Waals surface area contributed by atoms with E-state index in [0.29, 0.717) is 0 Å². The van der Waals surface area contributed by atoms with Gasteiger partial charge in [-0.05, 0) is 20.8 Å². The van der Waals surface area contributed by atoms with Crippen molar-refractivity contribution in [3.8, 4) is 0 Å². The second kappa shape index (κ2) is 3.45. The molecule has 0 bridgehead atoms. The second-order valence-corrected chi connectivity index (χ2v) is 6.62. The van der Waals surface area contributed by atoms with Crippen molar-refractivity contribution >= 4 is 15.8 Å². The van der Waals surface area contributed by atoms with Crippen LogP contribution in [0.15, 0.2) is 0 Å². The molecule has 0 spiro atoms. The molecule has 84 valence electrons. The zero-order chi connectivity index (χ0) is 11.8. The van der Waals surface area contributed by atoms with Crippen LogP contribution >= 0.6 is 0 Å². The van der Waals surface area contributed by atoms with E-state index in [2.05, 4.69) is 0 Å². The van der Waals surface area contributed by atoms with Gasteiger partial charge in [0.15, 0.2) is 9.84 Å². The molecule has 4 nitrogen and oxygen atoms in total. The van der Waals surface area contributed by atoms with E-state index in [-0.39, 0.29) is 0 Å². The van der Waals surface area contributed by atoms with Crippen LogP contribution in [0, 0.1) is 0 Å². The van der Waals surface area contributed by atoms with Gasteiger partial charge in [0.1, 0.15) is 5.75 Å². The Labute approximate surface area is 80.8 Å². The van der Waals surface area contributed by atoms with E-state index in [1.807, 2.05) is 0 Å². The summed E-state index contributed by atoms with van der Waals surface area (Å²) in [6.07, 6.45) is 0. The molecule has 0 aromatic carbocycles. The quantitative estimate of drug-likeness (QED) is 0.782. The van der Waals surface area contributed by atoms with Crippen molar-refractivity contribution in [1.82, 2.24) is 0 Å². The lowest BCUT2D eigenvalue weighted by Gasteiger charge is -2.21. The molecule has 0 saturated carbocycles. The highest BCUT2D eigenvalue weighted by atomic mass is 32.2. The fraction of sp³-hybridized carbons (Fsp3) is 0.857. The van der Waals surface area contributed by atoms with Crippen LogP contribution in [0.5, 0.6) is 0 Å². The highest BCUT2D eigenvalue weighted by molar-refractivity contribution is 7.92. The van der Waals surface area contributed by atoms with Gasteiger partial charge in [0.05, 0.1) is 4.75 Å². The fourth-order valence-corrected chi connectivity index (χ4v) is 1.55. The van der Waals surface area contributed by atoms with Gasteiger partial charge < -0.3 is 5.11 Å². The SMILES string of the molecule is CC(C)(C)S(=O)(=O)CC(F)(F)C(=O)O. The van der Waals surface area contributed by atoms with Crippen molar-refractivity contribution in [2.75, 3.05) is 5.75 Å². The number of carbonyl (C=O) groups is 1. The number of alkyl halides is 2. The Balaban J connectivity index is 4.97. The predicted octanol–water partition coefficient (Wildman–Crippen LogP) is 0.920. The van der Waals surface area contributed by atoms with Crippen LogP contribution in [0.1, 0.15) is 20.8 Å². The van der Waals surface area contributed by atoms with Crippen molar-refractivity contribution < 1.29 is 27.1 Å². The molecular weight excluding hydrogens is 218 g/mol. The zero-order valence-corrected chi connectivity index (χ0v) is 8.86. The minimum atomic E-state index is -4.23. The predicted molar refractivity (Wildman–Crippen MR) is 46.1 cm³/mol. The molecule has 0 saturated heterocycles. The molecule has 0 atom stereocenters. The Bertz CT molecular complexity index is 326. The van der Waals surface area contributed by atoms with Gasteiger partial charge in [-0.3, -0.25) is 0 Å². The number of aliphatic carboxylic acids is 1. The summed E-state index contributed by atoms with van der Waals surface area (Å²) >= 11 is 0. The summed E-state index contributed by atoms with van der Waals surface area (Å²) < 4.78 is 46.3. The molecule has 1 N–H and O–H groups in total. The summed E-state index contributed by atoms with van der Waals surface area (Å²) in [7, 11) is -4.13. The summed E-state index contributed by atoms with van der Waals surface area (Å²) in [4.78, 5) is 10.0. The van der Waals surface area contributed by atoms with Gasteiger partial charge in [-0.15, -0.1) is 0 Å². The van der Waals surface area contributed by atoms with Crippen LogP contribution in [0.2, 0.25) is 0 Å². The van der Waals surface area contributed by atoms with Crippen molar-refractivity contribution in [1.29, 1.82) is 0 Å². The molecule has 0 aromatic heterocycles. The van der Waals surface area contributed by atoms with Crippen LogP contribution in [0.3, 0.4) is 0 Å². The third kappa shape index (κ3) is 2.90. The molecule has 0 aromatic rings. The molecule has 0 aliphatic carbocycles. The lowest BCUT2D eigenvalue weighted by Crippen LogP contribution is -2.42. The van der Waals surface area contributed by atoms with E-state index in [1.54, 1.807) is 0 Å². The summed E-state index contributed by atoms with van der Waals surface area (Å²) in [5.41, 5.74) is 0. The first kappa shape index (κ1) is 13.3. The van der Waals surface area contributed by atoms with E-state index in [1.165, 1.54) is 20.8 Å². The molecule has 0 aliphatic rings. The average Bonchev–Trinajstić information content (AvgIpc) is 1.80. The maximum Gasteiger partial charge on any atom is 0.375 e. The lowest BCUT2D eigenvalue weighted by atomic mass is 10.3. The fourth-order valence-electron chi connectivity index (χ4n) is 0.517. The number of hydrogen-bond donors (Lipinski definition) is 1. The minimum absolute atomic E-state index is 1.24. The first-order valence-electron chi connectivity index (χ1n) is 3.74. The molecule has 0 heterocycles. The van der Waals surface area contributed by atoms with Gasteiger partial charge in [0.2, 0.25) is 0 Å². The summed E-state index contributed by atoms with van der Waals surface area (Å²) in [5.74, 6) is -8.32. The van der Waals surface area contributed by atoms with Gasteiger partial charge in [0.25, 0.3) is 0 Å². The maximum absolute atomic E-state index is 12.6. The van der Waals surface area contributed by atoms with E-state index in [9.17, 15) is 22.0 Å². The maximum atomic E-state index is 12.6. The van der Waals surface area contributed by atoms with Gasteiger partial charge in [-0.1, -0.05) is 0 Å². The van der Waals surface area contributed by atoms with Crippen molar-refractivity contribution in [2.24, 2.45) is 0 Å². The molecule has 7 heteroatoms. The molecular formula is C7H12F2O4S. The first-order valence-corrected chi connectivity index (χ1v) is 5.39. The van der Waals surface area contributed by atoms with Crippen molar-refractivity contribution in [3.63, 3.8) is 0 Å². The topological polar surface area (TPSA) is 71.4 Å². The molecule has 0 fully saturated rings. The van der Waals surface area contributed by atoms with E-state index in [0.717, 1.165) is 0 Å². The van der Waals surface area contributed by atoms with Crippen LogP contribution in [-0.4, -0.2) is 35.9 Å². The van der Waals surface area contributed by atoms with Crippen molar-refractivity contribution in [3.05, 3.63) is 0 Å². The molecule has 0 rings (SSSR count). The Hall–Kier alpha value is -0.720. The Morgan fingerprint density at radius 3 is 1.86 bits per heavy atom. The standard InChI is InChI=1S/C7H12F2O4S/c1-6(2,3)14(12,13)4-7(8,9)5(10)11/h4H2,1-3H3,(H,10,11). The van der Waals surface area contributed by atoms with E-state index in [4.69, 9.17) is 5.11 Å². The number of hydrogen-bond acceptors (Lipinski definition) is 3. The third-order valence-corrected chi connectivity index (χ3v) is 4.23. The third-order valence-electron chi connectivity index (χ3n) is 1.62. The number of rotatable bonds is 3. The van der Waals surface area contributed by atoms with Crippen LogP contribution < -0.4 is 0 Å². The van der Waals surface area contributed by atoms with Gasteiger partial charge in [0, 0.05) is 0 Å². The molecule has 0 unspecified atom stereocenters. The number of sulfone groups is 1. The lowest BCUT2D eigenvalue weighted by molar-refractivity contribution is -0.161. The highest BCUT2D eigenvalue weighted by Gasteiger charge is 2.47. The van der Waals surface area contributed by atoms with Crippen LogP contribution in [0.25, 0.3) is 0 Å². The van der Waals surface area contributed by atoms with Crippen LogP contribution in [0.4, 0.5) is 8.78 Å². The van der Waals surface area contributed by atoms with Crippen LogP contribution in [-0.2, 0) is 14.6 Å². The van der Waals surface area contributed by atoms with Gasteiger partial charge in [-0.25, -0.2) is 13.2 Å². The molecule has 14 heavy (non-hydrogen) atoms. The Kier molecular flexibility index (Phi) is 3.27. The normalized spacial score (nSPS) is 14.1. The van der Waals surface area contributed by atoms with Crippen molar-refractivity contribution in [2.45, 2.75) is 31.4 Å². The van der Waals surface area contributed by atoms with Gasteiger partial charge >= 0.3 is 11.9 Å². The largest absolute Gasteiger partial charge is 0.477 e. The smallest absolute Gasteiger partial charge is 0.375 e. The number of carboxylic acid groups (broad SMARTS) is 1. The Morgan fingerprint density at radius 1 is 1.29 bits per heavy atom. The minimum Gasteiger partial charge on any atom is -0.477 e. The Morgan fingerprint density at radius 2 is 1.64 bits per heavy atom. The second-order valence-electron chi connectivity index (χ2n) is 3.88. The van der Waals surface area contributed by atoms with Gasteiger partial charge in [-0.2, -0.15) is 8.78 Å². The molecule has 0 amide bonds. The number of carboxylic acids is 1. The van der Waals surface area contributed by atoms with E-state index < -0.39 is 32.2 Å². The summed E-state index contributed by atoms with van der Waals surface area (Å²) in [6.45, 7) is 3.71. The highest BCUT2D eigenvalue weighted by Crippen LogP contribution is 2.24. The summed E-state index contributed by atoms with van der Waals surface area (Å²) in [5, 5.41) is 8.06. The molecule has 0 aliphatic heterocycles.